The van der Waals surface area contributed by atoms with Gasteiger partial charge in [-0.3, -0.25) is 19.7 Å². The number of rotatable bonds is 6. The number of hydrogen-bond acceptors (Lipinski definition) is 4. The molecule has 2 aliphatic rings. The first-order valence-electron chi connectivity index (χ1n) is 10.7. The van der Waals surface area contributed by atoms with Crippen LogP contribution >= 0.6 is 0 Å². The zero-order valence-electron chi connectivity index (χ0n) is 16.7. The van der Waals surface area contributed by atoms with Crippen LogP contribution in [0, 0.1) is 17.8 Å². The molecular formula is C23H24N6O. The van der Waals surface area contributed by atoms with Crippen molar-refractivity contribution in [2.24, 2.45) is 17.8 Å². The third-order valence-corrected chi connectivity index (χ3v) is 7.02. The molecule has 3 atom stereocenters. The number of hydrogen-bond donors (Lipinski definition) is 2. The normalized spacial score (nSPS) is 22.9. The van der Waals surface area contributed by atoms with Gasteiger partial charge >= 0.3 is 0 Å². The molecule has 7 heteroatoms. The first kappa shape index (κ1) is 17.6. The van der Waals surface area contributed by atoms with Gasteiger partial charge in [0.15, 0.2) is 5.78 Å². The fourth-order valence-corrected chi connectivity index (χ4v) is 5.53. The Bertz CT molecular complexity index is 1200. The molecule has 0 aliphatic heterocycles. The number of H-pyrrole nitrogens is 2. The Balaban J connectivity index is 1.17. The monoisotopic (exact) mass is 400 g/mol. The molecule has 3 unspecified atom stereocenters. The predicted octanol–water partition coefficient (Wildman–Crippen LogP) is 4.01. The topological polar surface area (TPSA) is 92.2 Å². The van der Waals surface area contributed by atoms with Crippen LogP contribution in [-0.2, 0) is 13.0 Å². The lowest BCUT2D eigenvalue weighted by molar-refractivity contribution is 0.0989. The van der Waals surface area contributed by atoms with Crippen molar-refractivity contribution < 1.29 is 4.79 Å². The summed E-state index contributed by atoms with van der Waals surface area (Å²) in [5.74, 6) is 2.59. The highest BCUT2D eigenvalue weighted by Gasteiger charge is 2.39. The van der Waals surface area contributed by atoms with Crippen LogP contribution in [0.2, 0.25) is 0 Å². The number of nitrogens with one attached hydrogen (secondary N) is 2. The summed E-state index contributed by atoms with van der Waals surface area (Å²) in [5.41, 5.74) is 4.33. The van der Waals surface area contributed by atoms with E-state index in [2.05, 4.69) is 25.5 Å². The molecule has 4 aromatic rings. The Morgan fingerprint density at radius 1 is 1.17 bits per heavy atom. The van der Waals surface area contributed by atoms with Crippen molar-refractivity contribution in [1.82, 2.24) is 30.2 Å². The van der Waals surface area contributed by atoms with Gasteiger partial charge in [-0.1, -0.05) is 12.5 Å². The van der Waals surface area contributed by atoms with Crippen molar-refractivity contribution in [1.29, 1.82) is 0 Å². The maximum absolute atomic E-state index is 12.9. The highest BCUT2D eigenvalue weighted by atomic mass is 16.1. The molecule has 152 valence electrons. The van der Waals surface area contributed by atoms with Crippen molar-refractivity contribution in [3.8, 4) is 11.1 Å². The van der Waals surface area contributed by atoms with E-state index in [1.165, 1.54) is 25.7 Å². The molecule has 3 heterocycles. The summed E-state index contributed by atoms with van der Waals surface area (Å²) in [4.78, 5) is 12.9. The molecule has 7 nitrogen and oxygen atoms in total. The molecule has 3 aromatic heterocycles. The molecular weight excluding hydrogens is 376 g/mol. The van der Waals surface area contributed by atoms with Gasteiger partial charge in [-0.15, -0.1) is 0 Å². The van der Waals surface area contributed by atoms with E-state index in [1.807, 2.05) is 41.5 Å². The number of Topliss-reactive ketones (excluding diaryl/α,β-unsaturated/α-hetero) is 1. The van der Waals surface area contributed by atoms with Gasteiger partial charge in [-0.25, -0.2) is 0 Å². The van der Waals surface area contributed by atoms with Gasteiger partial charge in [0.2, 0.25) is 0 Å². The minimum absolute atomic E-state index is 0.0109. The van der Waals surface area contributed by atoms with Gasteiger partial charge < -0.3 is 0 Å². The van der Waals surface area contributed by atoms with Crippen molar-refractivity contribution in [2.75, 3.05) is 0 Å². The van der Waals surface area contributed by atoms with Crippen LogP contribution in [0.15, 0.2) is 43.0 Å². The summed E-state index contributed by atoms with van der Waals surface area (Å²) in [7, 11) is 0. The molecule has 1 aromatic carbocycles. The SMILES string of the molecule is O=C(Cc1cnn(CC2CC3CCC2C3)c1)c1n[nH]c2cc(-c3cn[nH]c3)ccc12. The Hall–Kier alpha value is -3.22. The Kier molecular flexibility index (Phi) is 4.07. The number of fused-ring (bicyclic) bond motifs is 3. The number of ketones is 1. The maximum Gasteiger partial charge on any atom is 0.188 e. The number of benzene rings is 1. The number of nitrogens with zero attached hydrogens (tertiary/aromatic N) is 4. The lowest BCUT2D eigenvalue weighted by atomic mass is 9.89. The number of carbonyl (C=O) groups excluding carboxylic acids is 1. The predicted molar refractivity (Wildman–Crippen MR) is 113 cm³/mol. The van der Waals surface area contributed by atoms with E-state index in [9.17, 15) is 4.79 Å². The zero-order valence-corrected chi connectivity index (χ0v) is 16.7. The first-order valence-corrected chi connectivity index (χ1v) is 10.7. The lowest BCUT2D eigenvalue weighted by Crippen LogP contribution is -2.17. The fraction of sp³-hybridized carbons (Fsp3) is 0.391. The molecule has 2 fully saturated rings. The second kappa shape index (κ2) is 6.93. The second-order valence-corrected chi connectivity index (χ2v) is 8.93. The third-order valence-electron chi connectivity index (χ3n) is 7.02. The Labute approximate surface area is 173 Å². The van der Waals surface area contributed by atoms with Gasteiger partial charge in [-0.05, 0) is 60.3 Å². The molecule has 2 bridgehead atoms. The molecule has 2 N–H and O–H groups in total. The van der Waals surface area contributed by atoms with E-state index in [4.69, 9.17) is 0 Å². The molecule has 2 aliphatic carbocycles. The van der Waals surface area contributed by atoms with Crippen LogP contribution in [-0.4, -0.2) is 36.0 Å². The average Bonchev–Trinajstić information content (AvgIpc) is 3.56. The first-order chi connectivity index (χ1) is 14.7. The molecule has 2 saturated carbocycles. The van der Waals surface area contributed by atoms with E-state index in [-0.39, 0.29) is 5.78 Å². The minimum Gasteiger partial charge on any atom is -0.292 e. The molecule has 30 heavy (non-hydrogen) atoms. The molecule has 0 spiro atoms. The van der Waals surface area contributed by atoms with E-state index in [0.717, 1.165) is 51.9 Å². The van der Waals surface area contributed by atoms with Gasteiger partial charge in [0, 0.05) is 36.3 Å². The standard InChI is InChI=1S/C23H24N6O/c30-22(7-15-9-26-29(12-15)13-18-6-14-1-2-16(18)5-14)23-20-4-3-17(8-21(20)27-28-23)19-10-24-25-11-19/h3-4,8-12,14,16,18H,1-2,5-7,13H2,(H,24,25)(H,27,28). The summed E-state index contributed by atoms with van der Waals surface area (Å²) < 4.78 is 2.04. The van der Waals surface area contributed by atoms with E-state index in [0.29, 0.717) is 12.1 Å². The number of carbonyl (C=O) groups is 1. The highest BCUT2D eigenvalue weighted by molar-refractivity contribution is 6.07. The summed E-state index contributed by atoms with van der Waals surface area (Å²) in [6.45, 7) is 0.984. The smallest absolute Gasteiger partial charge is 0.188 e. The largest absolute Gasteiger partial charge is 0.292 e. The Morgan fingerprint density at radius 2 is 2.13 bits per heavy atom. The van der Waals surface area contributed by atoms with Gasteiger partial charge in [-0.2, -0.15) is 15.3 Å². The van der Waals surface area contributed by atoms with Crippen LogP contribution in [0.1, 0.15) is 41.7 Å². The van der Waals surface area contributed by atoms with Gasteiger partial charge in [0.05, 0.1) is 17.9 Å². The summed E-state index contributed by atoms with van der Waals surface area (Å²) in [6, 6.07) is 5.94. The molecule has 0 radical (unpaired) electrons. The van der Waals surface area contributed by atoms with Gasteiger partial charge in [0.25, 0.3) is 0 Å². The fourth-order valence-electron chi connectivity index (χ4n) is 5.53. The third kappa shape index (κ3) is 3.05. The maximum atomic E-state index is 12.9. The van der Waals surface area contributed by atoms with Crippen LogP contribution in [0.5, 0.6) is 0 Å². The van der Waals surface area contributed by atoms with E-state index in [1.54, 1.807) is 6.20 Å². The number of aromatic amines is 2. The zero-order chi connectivity index (χ0) is 20.1. The molecule has 0 amide bonds. The van der Waals surface area contributed by atoms with Crippen LogP contribution in [0.4, 0.5) is 0 Å². The summed E-state index contributed by atoms with van der Waals surface area (Å²) in [5, 5.41) is 19.5. The van der Waals surface area contributed by atoms with Crippen molar-refractivity contribution in [2.45, 2.75) is 38.6 Å². The van der Waals surface area contributed by atoms with Crippen molar-refractivity contribution in [3.05, 3.63) is 54.2 Å². The average molecular weight is 400 g/mol. The van der Waals surface area contributed by atoms with E-state index >= 15 is 0 Å². The van der Waals surface area contributed by atoms with Crippen LogP contribution < -0.4 is 0 Å². The Morgan fingerprint density at radius 3 is 2.93 bits per heavy atom. The van der Waals surface area contributed by atoms with E-state index < -0.39 is 0 Å². The van der Waals surface area contributed by atoms with Crippen molar-refractivity contribution >= 4 is 16.7 Å². The number of aromatic nitrogens is 6. The minimum atomic E-state index is 0.0109. The van der Waals surface area contributed by atoms with Gasteiger partial charge in [0.1, 0.15) is 5.69 Å². The second-order valence-electron chi connectivity index (χ2n) is 8.93. The summed E-state index contributed by atoms with van der Waals surface area (Å²) >= 11 is 0. The molecule has 0 saturated heterocycles. The molecule has 6 rings (SSSR count). The van der Waals surface area contributed by atoms with Crippen molar-refractivity contribution in [3.63, 3.8) is 0 Å². The quantitative estimate of drug-likeness (QED) is 0.478. The summed E-state index contributed by atoms with van der Waals surface area (Å²) in [6.07, 6.45) is 13.4. The van der Waals surface area contributed by atoms with Crippen LogP contribution in [0.3, 0.4) is 0 Å². The van der Waals surface area contributed by atoms with Crippen LogP contribution in [0.25, 0.3) is 22.0 Å². The lowest BCUT2D eigenvalue weighted by Gasteiger charge is -2.21. The highest BCUT2D eigenvalue weighted by Crippen LogP contribution is 2.48.